The molecule has 0 spiro atoms. The molecule has 1 fully saturated rings. The summed E-state index contributed by atoms with van der Waals surface area (Å²) in [6.07, 6.45) is 33.9. The highest BCUT2D eigenvalue weighted by atomic mass is 127. The van der Waals surface area contributed by atoms with Crippen LogP contribution >= 0.6 is 0 Å². The molecule has 0 saturated carbocycles. The molecule has 7 heteroatoms. The lowest BCUT2D eigenvalue weighted by Crippen LogP contribution is -3.12. The zero-order valence-corrected chi connectivity index (χ0v) is 33.3. The summed E-state index contributed by atoms with van der Waals surface area (Å²) in [7, 11) is 2.23. The van der Waals surface area contributed by atoms with E-state index in [0.29, 0.717) is 32.7 Å². The van der Waals surface area contributed by atoms with Gasteiger partial charge < -0.3 is 52.6 Å². The largest absolute Gasteiger partial charge is 1.00 e. The van der Waals surface area contributed by atoms with E-state index < -0.39 is 0 Å². The molecule has 1 heterocycles. The second-order valence-electron chi connectivity index (χ2n) is 13.9. The number of morpholine rings is 1. The molecule has 278 valence electrons. The zero-order valence-electron chi connectivity index (χ0n) is 31.1. The van der Waals surface area contributed by atoms with Gasteiger partial charge in [0.1, 0.15) is 32.1 Å². The number of hydrogen-bond donors (Lipinski definition) is 1. The van der Waals surface area contributed by atoms with Crippen molar-refractivity contribution in [3.63, 3.8) is 0 Å². The number of quaternary nitrogens is 1. The molecule has 46 heavy (non-hydrogen) atoms. The van der Waals surface area contributed by atoms with Gasteiger partial charge in [0.2, 0.25) is 0 Å². The van der Waals surface area contributed by atoms with E-state index in [1.54, 1.807) is 4.90 Å². The number of unbranched alkanes of at least 4 members (excludes halogenated alkanes) is 22. The highest BCUT2D eigenvalue weighted by Gasteiger charge is 2.20. The molecule has 0 aliphatic carbocycles. The highest BCUT2D eigenvalue weighted by Crippen LogP contribution is 2.14. The average molecular weight is 770 g/mol. The van der Waals surface area contributed by atoms with Gasteiger partial charge in [0.05, 0.1) is 33.5 Å². The second-order valence-corrected chi connectivity index (χ2v) is 13.9. The van der Waals surface area contributed by atoms with Gasteiger partial charge in [-0.05, 0) is 12.8 Å². The lowest BCUT2D eigenvalue weighted by Gasteiger charge is -2.27. The smallest absolute Gasteiger partial charge is 0.146 e. The lowest BCUT2D eigenvalue weighted by molar-refractivity contribution is -0.892. The van der Waals surface area contributed by atoms with E-state index in [-0.39, 0.29) is 30.1 Å². The van der Waals surface area contributed by atoms with Crippen molar-refractivity contribution in [3.8, 4) is 0 Å². The Bertz CT molecular complexity index is 572. The van der Waals surface area contributed by atoms with E-state index in [4.69, 9.17) is 23.7 Å². The van der Waals surface area contributed by atoms with Crippen molar-refractivity contribution in [1.29, 1.82) is 0 Å². The van der Waals surface area contributed by atoms with Gasteiger partial charge in [0.15, 0.2) is 0 Å². The van der Waals surface area contributed by atoms with Gasteiger partial charge in [-0.1, -0.05) is 155 Å². The van der Waals surface area contributed by atoms with E-state index >= 15 is 0 Å². The van der Waals surface area contributed by atoms with Crippen LogP contribution in [0.2, 0.25) is 0 Å². The number of likely N-dealkylation sites (N-methyl/N-ethyl adjacent to an activating group) is 1. The first-order chi connectivity index (χ1) is 22.3. The summed E-state index contributed by atoms with van der Waals surface area (Å²) in [5.74, 6) is 0. The molecular formula is C39H80INO5. The van der Waals surface area contributed by atoms with Crippen LogP contribution in [0.25, 0.3) is 0 Å². The Morgan fingerprint density at radius 3 is 1.52 bits per heavy atom. The molecule has 3 atom stereocenters. The fourth-order valence-corrected chi connectivity index (χ4v) is 6.24. The van der Waals surface area contributed by atoms with E-state index in [0.717, 1.165) is 52.2 Å². The molecule has 0 amide bonds. The van der Waals surface area contributed by atoms with Crippen molar-refractivity contribution >= 4 is 0 Å². The zero-order chi connectivity index (χ0) is 32.3. The number of rotatable bonds is 36. The van der Waals surface area contributed by atoms with Crippen molar-refractivity contribution in [1.82, 2.24) is 0 Å². The minimum Gasteiger partial charge on any atom is -1.00 e. The molecule has 0 bridgehead atoms. The molecule has 1 N–H and O–H groups in total. The summed E-state index contributed by atoms with van der Waals surface area (Å²) in [6.45, 7) is 11.4. The summed E-state index contributed by atoms with van der Waals surface area (Å²) >= 11 is 0. The van der Waals surface area contributed by atoms with Gasteiger partial charge in [0.25, 0.3) is 0 Å². The fourth-order valence-electron chi connectivity index (χ4n) is 6.24. The van der Waals surface area contributed by atoms with E-state index in [2.05, 4.69) is 20.9 Å². The number of nitrogens with one attached hydrogen (secondary N) is 1. The SMILES string of the molecule is CCCCCCCCCCCCCCOCC(COCOCCC1C[NH+](C)CCO1)OCCCCCCCCCCCCCC.[I-]. The van der Waals surface area contributed by atoms with Gasteiger partial charge >= 0.3 is 0 Å². The normalized spacial score (nSPS) is 17.3. The van der Waals surface area contributed by atoms with Crippen LogP contribution < -0.4 is 28.9 Å². The molecular weight excluding hydrogens is 689 g/mol. The first-order valence-electron chi connectivity index (χ1n) is 20.0. The summed E-state index contributed by atoms with van der Waals surface area (Å²) in [6, 6.07) is 0. The first-order valence-corrected chi connectivity index (χ1v) is 20.0. The third-order valence-electron chi connectivity index (χ3n) is 9.31. The van der Waals surface area contributed by atoms with Crippen LogP contribution in [0.5, 0.6) is 0 Å². The standard InChI is InChI=1S/C39H79NO5.HI/c1-4-6-8-10-12-14-16-18-20-22-24-26-30-41-35-39(36-43-37-42-32-28-38-34-40(3)29-33-45-38)44-31-27-25-23-21-19-17-15-13-11-9-7-5-2;/h38-39H,4-37H2,1-3H3;1H. The Kier molecular flexibility index (Phi) is 38.7. The molecule has 1 saturated heterocycles. The minimum absolute atomic E-state index is 0. The van der Waals surface area contributed by atoms with E-state index in [1.807, 2.05) is 0 Å². The van der Waals surface area contributed by atoms with Gasteiger partial charge in [-0.2, -0.15) is 0 Å². The van der Waals surface area contributed by atoms with Gasteiger partial charge in [-0.15, -0.1) is 0 Å². The molecule has 0 aromatic heterocycles. The fraction of sp³-hybridized carbons (Fsp3) is 1.00. The Hall–Kier alpha value is 0.490. The Labute approximate surface area is 304 Å². The van der Waals surface area contributed by atoms with Crippen molar-refractivity contribution in [2.45, 2.75) is 187 Å². The Morgan fingerprint density at radius 1 is 0.565 bits per heavy atom. The maximum absolute atomic E-state index is 6.23. The molecule has 0 aromatic rings. The van der Waals surface area contributed by atoms with Crippen LogP contribution in [0.4, 0.5) is 0 Å². The first kappa shape index (κ1) is 46.5. The van der Waals surface area contributed by atoms with Gasteiger partial charge in [-0.3, -0.25) is 0 Å². The Balaban J connectivity index is 0.0000202. The monoisotopic (exact) mass is 770 g/mol. The predicted octanol–water partition coefficient (Wildman–Crippen LogP) is 6.09. The average Bonchev–Trinajstić information content (AvgIpc) is 3.04. The molecule has 6 nitrogen and oxygen atoms in total. The third kappa shape index (κ3) is 33.0. The van der Waals surface area contributed by atoms with Crippen molar-refractivity contribution in [3.05, 3.63) is 0 Å². The van der Waals surface area contributed by atoms with Crippen LogP contribution in [0.3, 0.4) is 0 Å². The molecule has 1 rings (SSSR count). The van der Waals surface area contributed by atoms with Gasteiger partial charge in [0, 0.05) is 19.6 Å². The minimum atomic E-state index is -0.0161. The predicted molar refractivity (Wildman–Crippen MR) is 190 cm³/mol. The maximum Gasteiger partial charge on any atom is 0.146 e. The number of ether oxygens (including phenoxy) is 5. The van der Waals surface area contributed by atoms with Crippen molar-refractivity contribution in [2.24, 2.45) is 0 Å². The third-order valence-corrected chi connectivity index (χ3v) is 9.31. The molecule has 0 radical (unpaired) electrons. The van der Waals surface area contributed by atoms with E-state index in [1.165, 1.54) is 141 Å². The van der Waals surface area contributed by atoms with Crippen LogP contribution in [-0.2, 0) is 23.7 Å². The molecule has 1 aliphatic heterocycles. The maximum atomic E-state index is 6.23. The molecule has 3 unspecified atom stereocenters. The van der Waals surface area contributed by atoms with Crippen LogP contribution in [0, 0.1) is 0 Å². The molecule has 0 aromatic carbocycles. The lowest BCUT2D eigenvalue weighted by atomic mass is 10.1. The number of hydrogen-bond acceptors (Lipinski definition) is 5. The molecule has 1 aliphatic rings. The summed E-state index contributed by atoms with van der Waals surface area (Å²) in [4.78, 5) is 1.54. The quantitative estimate of drug-likeness (QED) is 0.0476. The highest BCUT2D eigenvalue weighted by molar-refractivity contribution is 4.59. The van der Waals surface area contributed by atoms with Gasteiger partial charge in [-0.25, -0.2) is 0 Å². The Morgan fingerprint density at radius 2 is 1.02 bits per heavy atom. The van der Waals surface area contributed by atoms with Crippen LogP contribution in [-0.4, -0.2) is 78.8 Å². The van der Waals surface area contributed by atoms with Crippen LogP contribution in [0.15, 0.2) is 0 Å². The topological polar surface area (TPSA) is 50.6 Å². The second kappa shape index (κ2) is 38.3. The summed E-state index contributed by atoms with van der Waals surface area (Å²) < 4.78 is 29.8. The van der Waals surface area contributed by atoms with Crippen LogP contribution in [0.1, 0.15) is 174 Å². The number of halogens is 1. The van der Waals surface area contributed by atoms with E-state index in [9.17, 15) is 0 Å². The van der Waals surface area contributed by atoms with Crippen molar-refractivity contribution in [2.75, 3.05) is 66.6 Å². The summed E-state index contributed by atoms with van der Waals surface area (Å²) in [5, 5.41) is 0. The summed E-state index contributed by atoms with van der Waals surface area (Å²) in [5.41, 5.74) is 0. The van der Waals surface area contributed by atoms with Crippen molar-refractivity contribution < 1.29 is 52.6 Å².